The van der Waals surface area contributed by atoms with Gasteiger partial charge in [0.15, 0.2) is 0 Å². The maximum absolute atomic E-state index is 2.41. The quantitative estimate of drug-likeness (QED) is 0.247. The summed E-state index contributed by atoms with van der Waals surface area (Å²) in [6, 6.07) is 0. The molecule has 0 aliphatic heterocycles. The fourth-order valence-electron chi connectivity index (χ4n) is 10.2. The molecule has 0 amide bonds. The summed E-state index contributed by atoms with van der Waals surface area (Å²) < 4.78 is 0. The molecule has 0 radical (unpaired) electrons. The van der Waals surface area contributed by atoms with E-state index >= 15 is 0 Å². The van der Waals surface area contributed by atoms with Gasteiger partial charge in [-0.25, -0.2) is 0 Å². The number of hydrogen-bond donors (Lipinski definition) is 0. The van der Waals surface area contributed by atoms with Crippen molar-refractivity contribution in [3.05, 3.63) is 157 Å². The third kappa shape index (κ3) is 19.4. The van der Waals surface area contributed by atoms with Crippen LogP contribution in [0.25, 0.3) is 0 Å². The molecular weight excluding hydrogens is 831 g/mol. The zero-order valence-electron chi connectivity index (χ0n) is 37.7. The largest absolute Gasteiger partial charge is 4.00 e. The summed E-state index contributed by atoms with van der Waals surface area (Å²) in [6.45, 7) is 9.27. The molecule has 0 aromatic carbocycles. The van der Waals surface area contributed by atoms with Crippen LogP contribution in [0.2, 0.25) is 0 Å². The van der Waals surface area contributed by atoms with Crippen molar-refractivity contribution in [2.24, 2.45) is 71.0 Å². The van der Waals surface area contributed by atoms with E-state index in [0.717, 1.165) is 71.0 Å². The average molecular weight is 928 g/mol. The van der Waals surface area contributed by atoms with Crippen LogP contribution in [-0.4, -0.2) is 0 Å². The van der Waals surface area contributed by atoms with Crippen LogP contribution in [0, 0.1) is 130 Å². The molecule has 56 heavy (non-hydrogen) atoms. The summed E-state index contributed by atoms with van der Waals surface area (Å²) in [4.78, 5) is 0. The molecule has 8 aliphatic rings. The second-order valence-electron chi connectivity index (χ2n) is 15.0. The third-order valence-electron chi connectivity index (χ3n) is 12.9. The van der Waals surface area contributed by atoms with Crippen molar-refractivity contribution >= 4 is 0 Å². The minimum absolute atomic E-state index is 0. The Kier molecular flexibility index (Phi) is 50.8. The SMILES string of the molecule is C.C.CCC1CCC2C=CC=CC21.CCC1CCC2C=CC=CC21.CCC1CCC2C=CC=CC21.CCC1CCC2C=CC=CC21.[CH3-].[CH3-].[CH3-].[CH3-].[CH3-].[CH3-].[CH3-].[CH3-].[Zr+4].[Zr+4]. The molecule has 8 aliphatic carbocycles. The Labute approximate surface area is 396 Å². The van der Waals surface area contributed by atoms with Crippen molar-refractivity contribution < 1.29 is 52.4 Å². The normalized spacial score (nSPS) is 32.2. The van der Waals surface area contributed by atoms with Crippen molar-refractivity contribution in [3.63, 3.8) is 0 Å². The van der Waals surface area contributed by atoms with Crippen LogP contribution in [0.5, 0.6) is 0 Å². The van der Waals surface area contributed by atoms with Gasteiger partial charge in [0, 0.05) is 0 Å². The molecule has 8 rings (SSSR count). The minimum Gasteiger partial charge on any atom is -0.358 e. The van der Waals surface area contributed by atoms with Crippen molar-refractivity contribution in [2.75, 3.05) is 0 Å². The van der Waals surface area contributed by atoms with E-state index in [9.17, 15) is 0 Å². The standard InChI is InChI=1S/4C11H16.2CH4.8CH3.2Zr/c4*1-2-9-7-8-10-5-3-4-6-11(9)10;;;;;;;;;;;;/h4*3-6,9-11H,2,7-8H2,1H3;2*1H4;8*1H3;;/q;;;;;;8*-1;2*+4. The summed E-state index contributed by atoms with van der Waals surface area (Å²) in [5.74, 6) is 10.9. The summed E-state index contributed by atoms with van der Waals surface area (Å²) in [6.07, 6.45) is 53.8. The molecule has 12 atom stereocenters. The fourth-order valence-corrected chi connectivity index (χ4v) is 10.2. The molecule has 0 heterocycles. The van der Waals surface area contributed by atoms with Gasteiger partial charge in [0.05, 0.1) is 0 Å². The fraction of sp³-hybridized carbons (Fsp3) is 0.556. The number of rotatable bonds is 4. The average Bonchev–Trinajstić information content (AvgIpc) is 3.89. The molecule has 320 valence electrons. The van der Waals surface area contributed by atoms with Gasteiger partial charge in [0.1, 0.15) is 0 Å². The smallest absolute Gasteiger partial charge is 0.358 e. The third-order valence-corrected chi connectivity index (χ3v) is 12.9. The number of fused-ring (bicyclic) bond motifs is 4. The Morgan fingerprint density at radius 2 is 0.446 bits per heavy atom. The molecule has 12 unspecified atom stereocenters. The Morgan fingerprint density at radius 3 is 0.607 bits per heavy atom. The summed E-state index contributed by atoms with van der Waals surface area (Å²) in [7, 11) is 0. The van der Waals surface area contributed by atoms with Crippen LogP contribution in [0.3, 0.4) is 0 Å². The van der Waals surface area contributed by atoms with Gasteiger partial charge >= 0.3 is 52.4 Å². The molecule has 2 heteroatoms. The molecular formula is C54H96Zr2. The van der Waals surface area contributed by atoms with Crippen LogP contribution >= 0.6 is 0 Å². The van der Waals surface area contributed by atoms with Crippen LogP contribution in [0.1, 0.15) is 120 Å². The topological polar surface area (TPSA) is 0 Å². The van der Waals surface area contributed by atoms with E-state index in [1.165, 1.54) is 77.0 Å². The molecule has 0 spiro atoms. The summed E-state index contributed by atoms with van der Waals surface area (Å²) in [5.41, 5.74) is 0. The molecule has 0 nitrogen and oxygen atoms in total. The zero-order chi connectivity index (χ0) is 30.7. The van der Waals surface area contributed by atoms with Crippen molar-refractivity contribution in [2.45, 2.75) is 120 Å². The van der Waals surface area contributed by atoms with Gasteiger partial charge in [-0.05, 0) is 122 Å². The second kappa shape index (κ2) is 38.9. The molecule has 0 N–H and O–H groups in total. The Bertz CT molecular complexity index is 941. The van der Waals surface area contributed by atoms with E-state index in [4.69, 9.17) is 0 Å². The first-order valence-corrected chi connectivity index (χ1v) is 19.1. The Morgan fingerprint density at radius 1 is 0.286 bits per heavy atom. The molecule has 4 fully saturated rings. The maximum Gasteiger partial charge on any atom is 4.00 e. The van der Waals surface area contributed by atoms with Crippen molar-refractivity contribution in [1.29, 1.82) is 0 Å². The minimum atomic E-state index is 0. The molecule has 0 aromatic rings. The Hall–Kier alpha value is -0.314. The van der Waals surface area contributed by atoms with Gasteiger partial charge in [-0.3, -0.25) is 0 Å². The molecule has 4 saturated carbocycles. The molecule has 0 saturated heterocycles. The second-order valence-corrected chi connectivity index (χ2v) is 15.0. The maximum atomic E-state index is 2.41. The van der Waals surface area contributed by atoms with E-state index in [1.807, 2.05) is 0 Å². The van der Waals surface area contributed by atoms with Gasteiger partial charge in [-0.1, -0.05) is 165 Å². The monoisotopic (exact) mass is 925 g/mol. The first kappa shape index (κ1) is 73.2. The van der Waals surface area contributed by atoms with E-state index < -0.39 is 0 Å². The molecule has 0 bridgehead atoms. The van der Waals surface area contributed by atoms with Crippen molar-refractivity contribution in [3.8, 4) is 0 Å². The van der Waals surface area contributed by atoms with Crippen LogP contribution < -0.4 is 0 Å². The van der Waals surface area contributed by atoms with Gasteiger partial charge < -0.3 is 59.4 Å². The van der Waals surface area contributed by atoms with Crippen LogP contribution in [0.4, 0.5) is 0 Å². The van der Waals surface area contributed by atoms with Gasteiger partial charge in [0.25, 0.3) is 0 Å². The van der Waals surface area contributed by atoms with Crippen molar-refractivity contribution in [1.82, 2.24) is 0 Å². The van der Waals surface area contributed by atoms with E-state index in [2.05, 4.69) is 125 Å². The summed E-state index contributed by atoms with van der Waals surface area (Å²) >= 11 is 0. The first-order chi connectivity index (χ1) is 21.7. The summed E-state index contributed by atoms with van der Waals surface area (Å²) in [5, 5.41) is 0. The van der Waals surface area contributed by atoms with E-state index in [1.54, 1.807) is 0 Å². The molecule has 0 aromatic heterocycles. The van der Waals surface area contributed by atoms with Crippen LogP contribution in [-0.2, 0) is 52.4 Å². The first-order valence-electron chi connectivity index (χ1n) is 19.1. The van der Waals surface area contributed by atoms with Gasteiger partial charge in [-0.15, -0.1) is 0 Å². The van der Waals surface area contributed by atoms with Gasteiger partial charge in [-0.2, -0.15) is 0 Å². The van der Waals surface area contributed by atoms with E-state index in [0.29, 0.717) is 0 Å². The predicted molar refractivity (Wildman–Crippen MR) is 258 cm³/mol. The van der Waals surface area contributed by atoms with Crippen LogP contribution in [0.15, 0.2) is 97.2 Å². The number of hydrogen-bond acceptors (Lipinski definition) is 0. The van der Waals surface area contributed by atoms with Gasteiger partial charge in [0.2, 0.25) is 0 Å². The van der Waals surface area contributed by atoms with E-state index in [-0.39, 0.29) is 127 Å². The zero-order valence-corrected chi connectivity index (χ0v) is 42.6. The number of allylic oxidation sites excluding steroid dienone is 16. The Balaban J connectivity index is -0.0000000853. The predicted octanol–water partition coefficient (Wildman–Crippen LogP) is 17.5.